The second-order valence-electron chi connectivity index (χ2n) is 9.75. The van der Waals surface area contributed by atoms with Crippen LogP contribution in [0.2, 0.25) is 5.02 Å². The van der Waals surface area contributed by atoms with Gasteiger partial charge in [0.15, 0.2) is 16.8 Å². The molecule has 1 aromatic heterocycles. The quantitative estimate of drug-likeness (QED) is 0.330. The molecule has 4 rings (SSSR count). The second kappa shape index (κ2) is 11.9. The highest BCUT2D eigenvalue weighted by atomic mass is 35.5. The van der Waals surface area contributed by atoms with E-state index in [0.717, 1.165) is 42.3 Å². The van der Waals surface area contributed by atoms with Crippen molar-refractivity contribution in [1.29, 1.82) is 0 Å². The molecule has 1 amide bonds. The van der Waals surface area contributed by atoms with Crippen LogP contribution in [-0.4, -0.2) is 45.4 Å². The fourth-order valence-corrected chi connectivity index (χ4v) is 6.01. The maximum Gasteiger partial charge on any atom is 0.428 e. The van der Waals surface area contributed by atoms with Crippen molar-refractivity contribution in [2.24, 2.45) is 0 Å². The van der Waals surface area contributed by atoms with E-state index < -0.39 is 28.5 Å². The standard InChI is InChI=1S/C26H30ClFN4O3S2/c1-26(2,3)35-25(33)32(24-16-36-17-29-24)37(34)23-13-19(27)21(14-20(23)28)30-22(15-31-11-7-8-12-31)18-9-5-4-6-10-18/h4-6,9-10,13-14,16-17,22,30H,7-8,11-12,15H2,1-3H3. The maximum absolute atomic E-state index is 15.4. The summed E-state index contributed by atoms with van der Waals surface area (Å²) in [5, 5.41) is 5.11. The van der Waals surface area contributed by atoms with Crippen LogP contribution in [0, 0.1) is 5.82 Å². The van der Waals surface area contributed by atoms with Gasteiger partial charge in [-0.2, -0.15) is 4.31 Å². The third-order valence-corrected chi connectivity index (χ3v) is 7.98. The third-order valence-electron chi connectivity index (χ3n) is 5.73. The number of carbonyl (C=O) groups excluding carboxylic acids is 1. The Hall–Kier alpha value is -2.53. The number of carbonyl (C=O) groups is 1. The molecule has 0 bridgehead atoms. The smallest absolute Gasteiger partial charge is 0.428 e. The van der Waals surface area contributed by atoms with Gasteiger partial charge in [0.05, 0.1) is 27.2 Å². The molecule has 1 fully saturated rings. The van der Waals surface area contributed by atoms with E-state index in [2.05, 4.69) is 15.2 Å². The Balaban J connectivity index is 1.62. The van der Waals surface area contributed by atoms with E-state index in [4.69, 9.17) is 16.3 Å². The van der Waals surface area contributed by atoms with Crippen LogP contribution >= 0.6 is 22.9 Å². The zero-order chi connectivity index (χ0) is 26.6. The number of likely N-dealkylation sites (tertiary alicyclic amines) is 1. The number of hydrogen-bond donors (Lipinski definition) is 1. The first-order valence-corrected chi connectivity index (χ1v) is 14.4. The molecule has 0 radical (unpaired) electrons. The summed E-state index contributed by atoms with van der Waals surface area (Å²) in [5.41, 5.74) is 2.08. The molecule has 37 heavy (non-hydrogen) atoms. The van der Waals surface area contributed by atoms with Crippen LogP contribution in [-0.2, 0) is 15.7 Å². The molecule has 3 aromatic rings. The molecule has 2 aromatic carbocycles. The minimum Gasteiger partial charge on any atom is -0.443 e. The fraction of sp³-hybridized carbons (Fsp3) is 0.385. The van der Waals surface area contributed by atoms with Crippen LogP contribution in [0.3, 0.4) is 0 Å². The molecule has 1 aliphatic rings. The molecular formula is C26H30ClFN4O3S2. The van der Waals surface area contributed by atoms with Gasteiger partial charge in [-0.3, -0.25) is 0 Å². The number of halogens is 2. The maximum atomic E-state index is 15.4. The summed E-state index contributed by atoms with van der Waals surface area (Å²) in [6.45, 7) is 7.85. The lowest BCUT2D eigenvalue weighted by Crippen LogP contribution is -2.38. The van der Waals surface area contributed by atoms with Gasteiger partial charge in [0.1, 0.15) is 11.4 Å². The lowest BCUT2D eigenvalue weighted by atomic mass is 10.1. The number of thiazole rings is 1. The average Bonchev–Trinajstić information content (AvgIpc) is 3.55. The van der Waals surface area contributed by atoms with Gasteiger partial charge in [-0.25, -0.2) is 18.4 Å². The van der Waals surface area contributed by atoms with Gasteiger partial charge in [0, 0.05) is 11.9 Å². The molecule has 2 unspecified atom stereocenters. The lowest BCUT2D eigenvalue weighted by Gasteiger charge is -2.27. The molecule has 2 atom stereocenters. The number of hydrogen-bond acceptors (Lipinski definition) is 7. The highest BCUT2D eigenvalue weighted by Gasteiger charge is 2.32. The van der Waals surface area contributed by atoms with Crippen LogP contribution in [0.4, 0.5) is 20.7 Å². The average molecular weight is 565 g/mol. The number of anilines is 2. The van der Waals surface area contributed by atoms with Crippen molar-refractivity contribution >= 4 is 51.5 Å². The number of amides is 1. The van der Waals surface area contributed by atoms with Gasteiger partial charge >= 0.3 is 6.09 Å². The van der Waals surface area contributed by atoms with E-state index in [-0.39, 0.29) is 21.8 Å². The molecule has 2 heterocycles. The number of nitrogens with one attached hydrogen (secondary N) is 1. The van der Waals surface area contributed by atoms with Crippen LogP contribution in [0.5, 0.6) is 0 Å². The third kappa shape index (κ3) is 7.07. The summed E-state index contributed by atoms with van der Waals surface area (Å²) < 4.78 is 35.2. The molecule has 0 spiro atoms. The van der Waals surface area contributed by atoms with Crippen molar-refractivity contribution in [3.8, 4) is 0 Å². The normalized spacial score (nSPS) is 15.8. The Morgan fingerprint density at radius 3 is 2.59 bits per heavy atom. The minimum atomic E-state index is -2.29. The Kier molecular flexibility index (Phi) is 8.84. The number of aromatic nitrogens is 1. The Morgan fingerprint density at radius 2 is 1.97 bits per heavy atom. The largest absolute Gasteiger partial charge is 0.443 e. The first kappa shape index (κ1) is 27.5. The molecule has 1 aliphatic heterocycles. The number of ether oxygens (including phenoxy) is 1. The summed E-state index contributed by atoms with van der Waals surface area (Å²) in [5.74, 6) is -0.660. The predicted octanol–water partition coefficient (Wildman–Crippen LogP) is 6.65. The van der Waals surface area contributed by atoms with Crippen LogP contribution < -0.4 is 9.62 Å². The zero-order valence-corrected chi connectivity index (χ0v) is 23.3. The highest BCUT2D eigenvalue weighted by molar-refractivity contribution is 7.87. The van der Waals surface area contributed by atoms with Crippen LogP contribution in [0.1, 0.15) is 45.2 Å². The van der Waals surface area contributed by atoms with Gasteiger partial charge in [0.25, 0.3) is 0 Å². The SMILES string of the molecule is CC(C)(C)OC(=O)N(c1cscn1)S(=O)c1cc(Cl)c(NC(CN2CCCC2)c2ccccc2)cc1F. The van der Waals surface area contributed by atoms with Crippen molar-refractivity contribution in [1.82, 2.24) is 9.88 Å². The molecule has 1 N–H and O–H groups in total. The van der Waals surface area contributed by atoms with Crippen molar-refractivity contribution < 1.29 is 18.1 Å². The van der Waals surface area contributed by atoms with E-state index >= 15 is 4.39 Å². The molecule has 0 saturated carbocycles. The Morgan fingerprint density at radius 1 is 1.27 bits per heavy atom. The molecule has 198 valence electrons. The van der Waals surface area contributed by atoms with Crippen LogP contribution in [0.15, 0.2) is 58.3 Å². The van der Waals surface area contributed by atoms with E-state index in [1.165, 1.54) is 29.0 Å². The number of nitrogens with zero attached hydrogens (tertiary/aromatic N) is 3. The molecule has 7 nitrogen and oxygen atoms in total. The van der Waals surface area contributed by atoms with E-state index in [1.807, 2.05) is 30.3 Å². The van der Waals surface area contributed by atoms with Crippen molar-refractivity contribution in [2.75, 3.05) is 29.3 Å². The Labute approximate surface area is 228 Å². The van der Waals surface area contributed by atoms with Gasteiger partial charge in [-0.05, 0) is 64.4 Å². The summed E-state index contributed by atoms with van der Waals surface area (Å²) >= 11 is 7.80. The molecule has 1 saturated heterocycles. The van der Waals surface area contributed by atoms with Crippen molar-refractivity contribution in [3.05, 3.63) is 69.8 Å². The van der Waals surface area contributed by atoms with Gasteiger partial charge in [0.2, 0.25) is 0 Å². The Bertz CT molecular complexity index is 1230. The first-order valence-electron chi connectivity index (χ1n) is 12.0. The summed E-state index contributed by atoms with van der Waals surface area (Å²) in [7, 11) is -2.29. The predicted molar refractivity (Wildman–Crippen MR) is 147 cm³/mol. The monoisotopic (exact) mass is 564 g/mol. The van der Waals surface area contributed by atoms with Gasteiger partial charge in [-0.1, -0.05) is 41.9 Å². The highest BCUT2D eigenvalue weighted by Crippen LogP contribution is 2.33. The molecular weight excluding hydrogens is 535 g/mol. The number of rotatable bonds is 8. The zero-order valence-electron chi connectivity index (χ0n) is 20.9. The van der Waals surface area contributed by atoms with E-state index in [0.29, 0.717) is 5.69 Å². The van der Waals surface area contributed by atoms with Gasteiger partial charge < -0.3 is 15.0 Å². The van der Waals surface area contributed by atoms with Crippen molar-refractivity contribution in [3.63, 3.8) is 0 Å². The molecule has 0 aliphatic carbocycles. The second-order valence-corrected chi connectivity index (χ2v) is 12.2. The summed E-state index contributed by atoms with van der Waals surface area (Å²) in [6, 6.07) is 12.3. The van der Waals surface area contributed by atoms with Crippen molar-refractivity contribution in [2.45, 2.75) is 50.2 Å². The number of benzene rings is 2. The summed E-state index contributed by atoms with van der Waals surface area (Å²) in [4.78, 5) is 19.1. The van der Waals surface area contributed by atoms with Crippen LogP contribution in [0.25, 0.3) is 0 Å². The summed E-state index contributed by atoms with van der Waals surface area (Å²) in [6.07, 6.45) is 1.42. The van der Waals surface area contributed by atoms with E-state index in [9.17, 15) is 9.00 Å². The first-order chi connectivity index (χ1) is 17.6. The fourth-order valence-electron chi connectivity index (χ4n) is 4.06. The topological polar surface area (TPSA) is 74.8 Å². The minimum absolute atomic E-state index is 0.102. The molecule has 11 heteroatoms. The van der Waals surface area contributed by atoms with E-state index in [1.54, 1.807) is 26.2 Å². The lowest BCUT2D eigenvalue weighted by molar-refractivity contribution is 0.0609. The van der Waals surface area contributed by atoms with Gasteiger partial charge in [-0.15, -0.1) is 11.3 Å².